The molecule has 5 aromatic rings. The van der Waals surface area contributed by atoms with Crippen molar-refractivity contribution in [3.63, 3.8) is 0 Å². The zero-order chi connectivity index (χ0) is 22.2. The van der Waals surface area contributed by atoms with Crippen molar-refractivity contribution in [1.82, 2.24) is 9.55 Å². The molecule has 5 nitrogen and oxygen atoms in total. The van der Waals surface area contributed by atoms with E-state index in [0.29, 0.717) is 0 Å². The number of hydrogen-bond acceptors (Lipinski definition) is 3. The van der Waals surface area contributed by atoms with E-state index in [1.165, 1.54) is 10.4 Å². The molecule has 0 aliphatic heterocycles. The number of nitrogens with one attached hydrogen (secondary N) is 1. The smallest absolute Gasteiger partial charge is 0.326 e. The molecule has 0 saturated carbocycles. The fraction of sp³-hybridized carbons (Fsp3) is 0.192. The lowest BCUT2D eigenvalue weighted by molar-refractivity contribution is -0.870. The third-order valence-electron chi connectivity index (χ3n) is 5.71. The van der Waals surface area contributed by atoms with E-state index in [4.69, 9.17) is 9.57 Å². The maximum atomic E-state index is 6.47. The molecule has 1 N–H and O–H groups in total. The van der Waals surface area contributed by atoms with E-state index in [1.807, 2.05) is 35.7 Å². The Hall–Kier alpha value is -3.38. The van der Waals surface area contributed by atoms with Crippen molar-refractivity contribution in [3.8, 4) is 22.6 Å². The molecule has 5 rings (SSSR count). The van der Waals surface area contributed by atoms with Crippen LogP contribution in [0.3, 0.4) is 0 Å². The SMILES string of the molecule is CCSc1ccc(Oc2ccc3c(ccn3C)c2)c(-c2cc(C)[n+](OC)c3[nH]ccc23)c1. The topological polar surface area (TPSA) is 43.1 Å². The summed E-state index contributed by atoms with van der Waals surface area (Å²) in [5.41, 5.74) is 5.29. The van der Waals surface area contributed by atoms with Gasteiger partial charge < -0.3 is 14.1 Å². The van der Waals surface area contributed by atoms with E-state index in [0.717, 1.165) is 50.5 Å². The molecule has 0 radical (unpaired) electrons. The molecule has 0 bridgehead atoms. The van der Waals surface area contributed by atoms with E-state index in [9.17, 15) is 0 Å². The van der Waals surface area contributed by atoms with E-state index in [1.54, 1.807) is 7.11 Å². The van der Waals surface area contributed by atoms with Gasteiger partial charge in [-0.25, -0.2) is 4.98 Å². The minimum Gasteiger partial charge on any atom is -0.457 e. The molecular formula is C26H26N3O2S+. The highest BCUT2D eigenvalue weighted by Crippen LogP contribution is 2.39. The number of aryl methyl sites for hydroxylation is 2. The zero-order valence-electron chi connectivity index (χ0n) is 18.7. The fourth-order valence-electron chi connectivity index (χ4n) is 4.24. The number of aromatic amines is 1. The summed E-state index contributed by atoms with van der Waals surface area (Å²) in [6.07, 6.45) is 4.01. The molecule has 2 aromatic carbocycles. The number of pyridine rings is 1. The summed E-state index contributed by atoms with van der Waals surface area (Å²) in [7, 11) is 3.73. The summed E-state index contributed by atoms with van der Waals surface area (Å²) < 4.78 is 10.4. The molecule has 6 heteroatoms. The zero-order valence-corrected chi connectivity index (χ0v) is 19.5. The van der Waals surface area contributed by atoms with Gasteiger partial charge in [0.25, 0.3) is 0 Å². The molecule has 162 valence electrons. The van der Waals surface area contributed by atoms with E-state index in [2.05, 4.69) is 78.3 Å². The van der Waals surface area contributed by atoms with Gasteiger partial charge in [0.1, 0.15) is 24.3 Å². The molecule has 0 atom stereocenters. The highest BCUT2D eigenvalue weighted by molar-refractivity contribution is 7.99. The predicted octanol–water partition coefficient (Wildman–Crippen LogP) is 5.89. The van der Waals surface area contributed by atoms with Crippen LogP contribution >= 0.6 is 11.8 Å². The highest BCUT2D eigenvalue weighted by Gasteiger charge is 2.21. The first-order valence-electron chi connectivity index (χ1n) is 10.7. The highest BCUT2D eigenvalue weighted by atomic mass is 32.2. The van der Waals surface area contributed by atoms with Crippen LogP contribution in [0.5, 0.6) is 11.5 Å². The number of nitrogens with zero attached hydrogens (tertiary/aromatic N) is 2. The average Bonchev–Trinajstić information content (AvgIpc) is 3.42. The number of hydrogen-bond donors (Lipinski definition) is 1. The van der Waals surface area contributed by atoms with Crippen molar-refractivity contribution < 1.29 is 14.3 Å². The maximum Gasteiger partial charge on any atom is 0.326 e. The first-order valence-corrected chi connectivity index (χ1v) is 11.6. The number of rotatable bonds is 6. The van der Waals surface area contributed by atoms with E-state index < -0.39 is 0 Å². The number of aromatic nitrogens is 3. The van der Waals surface area contributed by atoms with Gasteiger partial charge in [-0.05, 0) is 65.1 Å². The molecule has 0 spiro atoms. The van der Waals surface area contributed by atoms with Crippen LogP contribution in [0.15, 0.2) is 71.9 Å². The third kappa shape index (κ3) is 3.50. The van der Waals surface area contributed by atoms with Gasteiger partial charge in [-0.2, -0.15) is 0 Å². The van der Waals surface area contributed by atoms with E-state index >= 15 is 0 Å². The molecule has 32 heavy (non-hydrogen) atoms. The van der Waals surface area contributed by atoms with Crippen LogP contribution in [0, 0.1) is 6.92 Å². The summed E-state index contributed by atoms with van der Waals surface area (Å²) in [6.45, 7) is 4.21. The summed E-state index contributed by atoms with van der Waals surface area (Å²) in [5, 5.41) is 2.24. The summed E-state index contributed by atoms with van der Waals surface area (Å²) in [5.74, 6) is 2.67. The van der Waals surface area contributed by atoms with Crippen LogP contribution in [0.2, 0.25) is 0 Å². The normalized spacial score (nSPS) is 11.4. The van der Waals surface area contributed by atoms with Gasteiger partial charge in [0.15, 0.2) is 0 Å². The molecule has 0 unspecified atom stereocenters. The Bertz CT molecular complexity index is 1430. The lowest BCUT2D eigenvalue weighted by Crippen LogP contribution is -2.44. The number of ether oxygens (including phenoxy) is 1. The van der Waals surface area contributed by atoms with Crippen LogP contribution < -0.4 is 14.3 Å². The second-order valence-electron chi connectivity index (χ2n) is 7.76. The molecule has 3 aromatic heterocycles. The lowest BCUT2D eigenvalue weighted by atomic mass is 10.0. The van der Waals surface area contributed by atoms with Gasteiger partial charge in [-0.15, -0.1) is 11.8 Å². The van der Waals surface area contributed by atoms with Gasteiger partial charge in [-0.3, -0.25) is 0 Å². The molecule has 0 amide bonds. The quantitative estimate of drug-likeness (QED) is 0.262. The largest absolute Gasteiger partial charge is 0.457 e. The van der Waals surface area contributed by atoms with Crippen LogP contribution in [-0.2, 0) is 7.05 Å². The standard InChI is InChI=1S/C26H25N3O2S/c1-5-32-20-7-9-25(31-19-6-8-24-18(15-19)11-13-28(24)3)23(16-20)22-14-17(2)29(30-4)26-21(22)10-12-27-26/h6-16H,5H2,1-4H3/p+1. The maximum absolute atomic E-state index is 6.47. The summed E-state index contributed by atoms with van der Waals surface area (Å²) in [4.78, 5) is 10.1. The Balaban J connectivity index is 1.66. The van der Waals surface area contributed by atoms with Crippen molar-refractivity contribution >= 4 is 33.7 Å². The molecular weight excluding hydrogens is 418 g/mol. The van der Waals surface area contributed by atoms with Crippen LogP contribution in [0.4, 0.5) is 0 Å². The molecule has 0 aliphatic carbocycles. The fourth-order valence-corrected chi connectivity index (χ4v) is 4.94. The van der Waals surface area contributed by atoms with Crippen LogP contribution in [0.25, 0.3) is 33.1 Å². The Morgan fingerprint density at radius 1 is 1.03 bits per heavy atom. The monoisotopic (exact) mass is 444 g/mol. The van der Waals surface area contributed by atoms with E-state index in [-0.39, 0.29) is 0 Å². The van der Waals surface area contributed by atoms with Crippen molar-refractivity contribution in [2.45, 2.75) is 18.7 Å². The van der Waals surface area contributed by atoms with Crippen molar-refractivity contribution in [2.24, 2.45) is 7.05 Å². The Morgan fingerprint density at radius 2 is 1.91 bits per heavy atom. The number of benzene rings is 2. The summed E-state index contributed by atoms with van der Waals surface area (Å²) >= 11 is 1.83. The first kappa shape index (κ1) is 20.5. The summed E-state index contributed by atoms with van der Waals surface area (Å²) in [6, 6.07) is 19.0. The van der Waals surface area contributed by atoms with Gasteiger partial charge in [-0.1, -0.05) is 6.92 Å². The average molecular weight is 445 g/mol. The molecule has 0 aliphatic rings. The van der Waals surface area contributed by atoms with Gasteiger partial charge in [0.2, 0.25) is 0 Å². The molecule has 3 heterocycles. The third-order valence-corrected chi connectivity index (χ3v) is 6.59. The Labute approximate surface area is 191 Å². The van der Waals surface area contributed by atoms with Gasteiger partial charge in [0.05, 0.1) is 11.6 Å². The van der Waals surface area contributed by atoms with Crippen LogP contribution in [-0.4, -0.2) is 22.4 Å². The molecule has 0 fully saturated rings. The predicted molar refractivity (Wildman–Crippen MR) is 131 cm³/mol. The van der Waals surface area contributed by atoms with Gasteiger partial charge in [0, 0.05) is 47.1 Å². The Morgan fingerprint density at radius 3 is 2.72 bits per heavy atom. The Kier molecular flexibility index (Phi) is 5.31. The van der Waals surface area contributed by atoms with Crippen molar-refractivity contribution in [1.29, 1.82) is 0 Å². The van der Waals surface area contributed by atoms with Crippen LogP contribution in [0.1, 0.15) is 12.6 Å². The minimum atomic E-state index is 0.825. The second-order valence-corrected chi connectivity index (χ2v) is 9.09. The van der Waals surface area contributed by atoms with Crippen molar-refractivity contribution in [2.75, 3.05) is 12.9 Å². The van der Waals surface area contributed by atoms with Gasteiger partial charge >= 0.3 is 5.65 Å². The number of fused-ring (bicyclic) bond motifs is 2. The number of H-pyrrole nitrogens is 1. The first-order chi connectivity index (χ1) is 15.6. The molecule has 0 saturated heterocycles. The second kappa shape index (κ2) is 8.28. The minimum absolute atomic E-state index is 0.825. The lowest BCUT2D eigenvalue weighted by Gasteiger charge is -2.15. The number of thioether (sulfide) groups is 1. The van der Waals surface area contributed by atoms with Crippen molar-refractivity contribution in [3.05, 3.63) is 72.7 Å².